The fourth-order valence-electron chi connectivity index (χ4n) is 3.76. The van der Waals surface area contributed by atoms with Crippen LogP contribution >= 0.6 is 0 Å². The van der Waals surface area contributed by atoms with Crippen molar-refractivity contribution < 1.29 is 38.4 Å². The van der Waals surface area contributed by atoms with Gasteiger partial charge >= 0.3 is 5.97 Å². The molecule has 9 heteroatoms. The van der Waals surface area contributed by atoms with Gasteiger partial charge < -0.3 is 34.1 Å². The molecule has 0 aliphatic carbocycles. The summed E-state index contributed by atoms with van der Waals surface area (Å²) in [5.41, 5.74) is 0. The molecule has 2 aliphatic rings. The number of nitrogens with one attached hydrogen (secondary N) is 1. The van der Waals surface area contributed by atoms with Crippen LogP contribution in [0.15, 0.2) is 0 Å². The smallest absolute Gasteiger partial charge is 0.305 e. The van der Waals surface area contributed by atoms with Gasteiger partial charge in [-0.25, -0.2) is 0 Å². The lowest BCUT2D eigenvalue weighted by Gasteiger charge is -2.49. The Bertz CT molecular complexity index is 555. The van der Waals surface area contributed by atoms with Crippen LogP contribution in [0.4, 0.5) is 0 Å². The third-order valence-electron chi connectivity index (χ3n) is 5.34. The number of hydrogen-bond donors (Lipinski definition) is 2. The molecule has 2 fully saturated rings. The molecule has 9 nitrogen and oxygen atoms in total. The molecule has 30 heavy (non-hydrogen) atoms. The van der Waals surface area contributed by atoms with Crippen molar-refractivity contribution in [2.24, 2.45) is 0 Å². The fraction of sp³-hybridized carbons (Fsp3) is 0.905. The first kappa shape index (κ1) is 25.0. The van der Waals surface area contributed by atoms with Gasteiger partial charge in [-0.15, -0.1) is 0 Å². The number of unbranched alkanes of at least 4 members (excludes halogenated alkanes) is 5. The molecule has 2 heterocycles. The van der Waals surface area contributed by atoms with Crippen molar-refractivity contribution in [3.8, 4) is 0 Å². The number of esters is 1. The summed E-state index contributed by atoms with van der Waals surface area (Å²) in [5, 5.41) is 13.5. The Morgan fingerprint density at radius 2 is 1.80 bits per heavy atom. The minimum atomic E-state index is -0.962. The molecule has 1 amide bonds. The van der Waals surface area contributed by atoms with Gasteiger partial charge in [-0.1, -0.05) is 25.7 Å². The van der Waals surface area contributed by atoms with E-state index < -0.39 is 36.4 Å². The van der Waals surface area contributed by atoms with Crippen LogP contribution < -0.4 is 5.32 Å². The van der Waals surface area contributed by atoms with Gasteiger partial charge in [0.05, 0.1) is 13.7 Å². The second kappa shape index (κ2) is 12.0. The fourth-order valence-corrected chi connectivity index (χ4v) is 3.76. The first-order valence-corrected chi connectivity index (χ1v) is 10.8. The number of fused-ring (bicyclic) bond motifs is 1. The summed E-state index contributed by atoms with van der Waals surface area (Å²) in [6, 6.07) is -0.712. The van der Waals surface area contributed by atoms with Crippen molar-refractivity contribution in [2.45, 2.75) is 102 Å². The van der Waals surface area contributed by atoms with Crippen LogP contribution in [0.3, 0.4) is 0 Å². The molecular weight excluding hydrogens is 394 g/mol. The van der Waals surface area contributed by atoms with Crippen molar-refractivity contribution >= 4 is 11.9 Å². The van der Waals surface area contributed by atoms with E-state index in [1.165, 1.54) is 14.0 Å². The molecule has 2 N–H and O–H groups in total. The minimum absolute atomic E-state index is 0.161. The highest BCUT2D eigenvalue weighted by molar-refractivity contribution is 5.73. The Hall–Kier alpha value is -1.26. The molecule has 174 valence electrons. The topological polar surface area (TPSA) is 113 Å². The van der Waals surface area contributed by atoms with Crippen LogP contribution in [0.5, 0.6) is 0 Å². The van der Waals surface area contributed by atoms with E-state index in [-0.39, 0.29) is 18.5 Å². The van der Waals surface area contributed by atoms with Crippen LogP contribution in [0.2, 0.25) is 0 Å². The second-order valence-electron chi connectivity index (χ2n) is 8.37. The summed E-state index contributed by atoms with van der Waals surface area (Å²) in [6.07, 6.45) is 3.46. The van der Waals surface area contributed by atoms with Gasteiger partial charge in [0.1, 0.15) is 24.4 Å². The van der Waals surface area contributed by atoms with Gasteiger partial charge in [0.2, 0.25) is 5.91 Å². The monoisotopic (exact) mass is 431 g/mol. The largest absolute Gasteiger partial charge is 0.469 e. The van der Waals surface area contributed by atoms with E-state index in [9.17, 15) is 14.7 Å². The van der Waals surface area contributed by atoms with E-state index in [0.29, 0.717) is 13.0 Å². The van der Waals surface area contributed by atoms with E-state index in [1.807, 2.05) is 0 Å². The summed E-state index contributed by atoms with van der Waals surface area (Å²) in [4.78, 5) is 22.7. The molecule has 2 aliphatic heterocycles. The Balaban J connectivity index is 1.73. The van der Waals surface area contributed by atoms with E-state index in [2.05, 4.69) is 10.1 Å². The summed E-state index contributed by atoms with van der Waals surface area (Å²) < 4.78 is 27.9. The van der Waals surface area contributed by atoms with E-state index >= 15 is 0 Å². The van der Waals surface area contributed by atoms with E-state index in [0.717, 1.165) is 38.5 Å². The maximum absolute atomic E-state index is 11.6. The predicted molar refractivity (Wildman–Crippen MR) is 107 cm³/mol. The zero-order valence-electron chi connectivity index (χ0n) is 18.6. The maximum atomic E-state index is 11.6. The summed E-state index contributed by atoms with van der Waals surface area (Å²) in [7, 11) is 1.41. The van der Waals surface area contributed by atoms with Crippen LogP contribution in [0.25, 0.3) is 0 Å². The lowest BCUT2D eigenvalue weighted by atomic mass is 9.95. The number of amides is 1. The van der Waals surface area contributed by atoms with Crippen LogP contribution in [-0.2, 0) is 33.3 Å². The normalized spacial score (nSPS) is 30.4. The van der Waals surface area contributed by atoms with Gasteiger partial charge in [-0.05, 0) is 26.7 Å². The Morgan fingerprint density at radius 1 is 1.13 bits per heavy atom. The van der Waals surface area contributed by atoms with Crippen molar-refractivity contribution in [1.29, 1.82) is 0 Å². The molecule has 0 spiro atoms. The number of rotatable bonds is 11. The molecule has 0 bridgehead atoms. The summed E-state index contributed by atoms with van der Waals surface area (Å²) >= 11 is 0. The summed E-state index contributed by atoms with van der Waals surface area (Å²) in [6.45, 7) is 5.70. The molecule has 0 radical (unpaired) electrons. The Labute approximate surface area is 178 Å². The third-order valence-corrected chi connectivity index (χ3v) is 5.34. The standard InChI is InChI=1S/C21H37NO8/c1-14(23)22-17-18(25)19-15(13-28-21(2,3)30-19)29-20(17)27-12-10-8-6-5-7-9-11-16(24)26-4/h15,17-20,25H,5-13H2,1-4H3,(H,22,23)/t15-,17-,18+,19-,20-/m1/s1. The highest BCUT2D eigenvalue weighted by atomic mass is 16.8. The number of ether oxygens (including phenoxy) is 5. The van der Waals surface area contributed by atoms with Crippen molar-refractivity contribution in [3.05, 3.63) is 0 Å². The summed E-state index contributed by atoms with van der Waals surface area (Å²) in [5.74, 6) is -1.25. The highest BCUT2D eigenvalue weighted by Gasteiger charge is 2.51. The molecule has 5 atom stereocenters. The SMILES string of the molecule is COC(=O)CCCCCCCCO[C@@H]1O[C@@H]2COC(C)(C)O[C@H]2[C@@H](O)[C@H]1NC(C)=O. The average molecular weight is 432 g/mol. The molecule has 2 saturated heterocycles. The first-order chi connectivity index (χ1) is 14.2. The van der Waals surface area contributed by atoms with Gasteiger partial charge in [0.15, 0.2) is 12.1 Å². The average Bonchev–Trinajstić information content (AvgIpc) is 2.69. The highest BCUT2D eigenvalue weighted by Crippen LogP contribution is 2.32. The van der Waals surface area contributed by atoms with Crippen LogP contribution in [0, 0.1) is 0 Å². The predicted octanol–water partition coefficient (Wildman–Crippen LogP) is 1.65. The lowest BCUT2D eigenvalue weighted by molar-refractivity contribution is -0.368. The van der Waals surface area contributed by atoms with Crippen molar-refractivity contribution in [2.75, 3.05) is 20.3 Å². The number of methoxy groups -OCH3 is 1. The molecule has 0 aromatic rings. The van der Waals surface area contributed by atoms with Crippen LogP contribution in [0.1, 0.15) is 65.7 Å². The lowest BCUT2D eigenvalue weighted by Crippen LogP contribution is -2.68. The second-order valence-corrected chi connectivity index (χ2v) is 8.37. The zero-order chi connectivity index (χ0) is 22.1. The Morgan fingerprint density at radius 3 is 2.47 bits per heavy atom. The van der Waals surface area contributed by atoms with E-state index in [4.69, 9.17) is 18.9 Å². The molecule has 0 aromatic carbocycles. The van der Waals surface area contributed by atoms with Gasteiger partial charge in [-0.3, -0.25) is 9.59 Å². The zero-order valence-corrected chi connectivity index (χ0v) is 18.6. The quantitative estimate of drug-likeness (QED) is 0.375. The number of carbonyl (C=O) groups is 2. The third kappa shape index (κ3) is 7.77. The number of carbonyl (C=O) groups excluding carboxylic acids is 2. The molecule has 0 unspecified atom stereocenters. The van der Waals surface area contributed by atoms with Crippen molar-refractivity contribution in [1.82, 2.24) is 5.32 Å². The van der Waals surface area contributed by atoms with E-state index in [1.54, 1.807) is 13.8 Å². The first-order valence-electron chi connectivity index (χ1n) is 10.8. The maximum Gasteiger partial charge on any atom is 0.305 e. The van der Waals surface area contributed by atoms with Crippen molar-refractivity contribution in [3.63, 3.8) is 0 Å². The van der Waals surface area contributed by atoms with Gasteiger partial charge in [-0.2, -0.15) is 0 Å². The Kier molecular flexibility index (Phi) is 9.96. The molecule has 0 aromatic heterocycles. The molecule has 2 rings (SSSR count). The van der Waals surface area contributed by atoms with Crippen LogP contribution in [-0.4, -0.2) is 73.7 Å². The van der Waals surface area contributed by atoms with Gasteiger partial charge in [0.25, 0.3) is 0 Å². The molecular formula is C21H37NO8. The van der Waals surface area contributed by atoms with Gasteiger partial charge in [0, 0.05) is 20.0 Å². The number of aliphatic hydroxyl groups excluding tert-OH is 1. The number of hydrogen-bond acceptors (Lipinski definition) is 8. The molecule has 0 saturated carbocycles. The minimum Gasteiger partial charge on any atom is -0.469 e. The number of aliphatic hydroxyl groups is 1.